The van der Waals surface area contributed by atoms with Crippen molar-refractivity contribution in [2.24, 2.45) is 33.6 Å². The molecule has 7 bridgehead atoms. The van der Waals surface area contributed by atoms with Crippen molar-refractivity contribution in [1.82, 2.24) is 0 Å². The van der Waals surface area contributed by atoms with E-state index in [0.29, 0.717) is 5.75 Å². The van der Waals surface area contributed by atoms with Crippen molar-refractivity contribution in [3.63, 3.8) is 0 Å². The van der Waals surface area contributed by atoms with E-state index in [0.717, 1.165) is 0 Å². The average Bonchev–Trinajstić information content (AvgIpc) is 3.30. The Morgan fingerprint density at radius 2 is 1.66 bits per heavy atom. The van der Waals surface area contributed by atoms with Crippen LogP contribution in [-0.4, -0.2) is 115 Å². The summed E-state index contributed by atoms with van der Waals surface area (Å²) in [6.45, 7) is 0.0302. The zero-order valence-corrected chi connectivity index (χ0v) is 23.7. The van der Waals surface area contributed by atoms with Crippen molar-refractivity contribution in [3.05, 3.63) is 29.8 Å². The van der Waals surface area contributed by atoms with Crippen LogP contribution >= 0.6 is 0 Å². The Kier molecular flexibility index (Phi) is 5.89. The van der Waals surface area contributed by atoms with Crippen LogP contribution in [0.5, 0.6) is 5.75 Å². The van der Waals surface area contributed by atoms with Crippen molar-refractivity contribution < 1.29 is 48.9 Å². The number of aliphatic hydroxyl groups excluding tert-OH is 1. The van der Waals surface area contributed by atoms with Crippen LogP contribution in [0, 0.1) is 28.6 Å². The molecule has 13 atom stereocenters. The van der Waals surface area contributed by atoms with Crippen LogP contribution < -0.4 is 4.74 Å². The molecule has 0 radical (unpaired) electrons. The molecule has 1 aromatic rings. The van der Waals surface area contributed by atoms with Gasteiger partial charge in [-0.2, -0.15) is 0 Å². The first-order chi connectivity index (χ1) is 19.5. The highest BCUT2D eigenvalue weighted by molar-refractivity contribution is 5.89. The predicted molar refractivity (Wildman–Crippen MR) is 143 cm³/mol. The number of hydrogen-bond acceptors (Lipinski definition) is 11. The minimum absolute atomic E-state index is 0.0302. The summed E-state index contributed by atoms with van der Waals surface area (Å²) in [5.74, 6) is -1.90. The molecule has 224 valence electrons. The van der Waals surface area contributed by atoms with Crippen molar-refractivity contribution in [1.29, 1.82) is 0 Å². The van der Waals surface area contributed by atoms with Gasteiger partial charge in [0.15, 0.2) is 0 Å². The highest BCUT2D eigenvalue weighted by Crippen LogP contribution is 2.80. The highest BCUT2D eigenvalue weighted by atomic mass is 16.6. The first-order valence-electron chi connectivity index (χ1n) is 14.3. The monoisotopic (exact) mass is 573 g/mol. The van der Waals surface area contributed by atoms with E-state index in [1.165, 1.54) is 21.3 Å². The normalized spacial score (nSPS) is 51.9. The van der Waals surface area contributed by atoms with Gasteiger partial charge in [-0.15, -0.1) is 0 Å². The third kappa shape index (κ3) is 2.94. The van der Waals surface area contributed by atoms with E-state index in [2.05, 4.69) is 0 Å². The fraction of sp³-hybridized carbons (Fsp3) is 0.733. The van der Waals surface area contributed by atoms with Crippen LogP contribution in [-0.2, 0) is 18.9 Å². The minimum Gasteiger partial charge on any atom is -0.497 e. The maximum atomic E-state index is 13.5. The fourth-order valence-corrected chi connectivity index (χ4v) is 10.6. The van der Waals surface area contributed by atoms with E-state index >= 15 is 0 Å². The lowest BCUT2D eigenvalue weighted by Crippen LogP contribution is -2.79. The van der Waals surface area contributed by atoms with Gasteiger partial charge in [-0.05, 0) is 43.0 Å². The van der Waals surface area contributed by atoms with E-state index in [9.17, 15) is 25.2 Å². The SMILES string of the molecule is COCC12C=NC3C4CC1(O)C3(C(OC)CC2O)C1CC2(O)C(OC)CC4(O)C1C2OC(=O)c1ccc(OC)cc1. The molecule has 6 aliphatic rings. The van der Waals surface area contributed by atoms with Crippen LogP contribution in [0.2, 0.25) is 0 Å². The van der Waals surface area contributed by atoms with Gasteiger partial charge in [-0.1, -0.05) is 0 Å². The quantitative estimate of drug-likeness (QED) is 0.336. The summed E-state index contributed by atoms with van der Waals surface area (Å²) in [4.78, 5) is 18.5. The smallest absolute Gasteiger partial charge is 0.338 e. The van der Waals surface area contributed by atoms with E-state index in [-0.39, 0.29) is 37.9 Å². The van der Waals surface area contributed by atoms with E-state index < -0.39 is 81.8 Å². The first-order valence-corrected chi connectivity index (χ1v) is 14.3. The number of esters is 1. The molecule has 7 rings (SSSR count). The van der Waals surface area contributed by atoms with Crippen molar-refractivity contribution >= 4 is 12.2 Å². The van der Waals surface area contributed by atoms with E-state index in [1.807, 2.05) is 0 Å². The summed E-state index contributed by atoms with van der Waals surface area (Å²) in [7, 11) is 6.10. The molecule has 1 aliphatic heterocycles. The lowest BCUT2D eigenvalue weighted by Gasteiger charge is -2.67. The molecule has 5 aliphatic carbocycles. The summed E-state index contributed by atoms with van der Waals surface area (Å²) in [6, 6.07) is 5.96. The molecule has 5 saturated carbocycles. The topological polar surface area (TPSA) is 156 Å². The third-order valence-corrected chi connectivity index (χ3v) is 12.1. The van der Waals surface area contributed by atoms with Crippen LogP contribution in [0.4, 0.5) is 0 Å². The van der Waals surface area contributed by atoms with Gasteiger partial charge in [0.05, 0.1) is 65.7 Å². The van der Waals surface area contributed by atoms with Crippen LogP contribution in [0.15, 0.2) is 29.3 Å². The van der Waals surface area contributed by atoms with Gasteiger partial charge >= 0.3 is 5.97 Å². The largest absolute Gasteiger partial charge is 0.497 e. The second kappa shape index (κ2) is 8.72. The first kappa shape index (κ1) is 27.7. The number of rotatable bonds is 7. The predicted octanol–water partition coefficient (Wildman–Crippen LogP) is 0.354. The van der Waals surface area contributed by atoms with E-state index in [4.69, 9.17) is 28.7 Å². The van der Waals surface area contributed by atoms with Gasteiger partial charge in [0.2, 0.25) is 0 Å². The van der Waals surface area contributed by atoms with Crippen molar-refractivity contribution in [2.45, 2.75) is 72.9 Å². The summed E-state index contributed by atoms with van der Waals surface area (Å²) < 4.78 is 28.8. The summed E-state index contributed by atoms with van der Waals surface area (Å²) >= 11 is 0. The minimum atomic E-state index is -1.63. The highest BCUT2D eigenvalue weighted by Gasteiger charge is 2.90. The van der Waals surface area contributed by atoms with E-state index in [1.54, 1.807) is 37.6 Å². The van der Waals surface area contributed by atoms with Crippen LogP contribution in [0.25, 0.3) is 0 Å². The van der Waals surface area contributed by atoms with Gasteiger partial charge < -0.3 is 44.1 Å². The summed E-state index contributed by atoms with van der Waals surface area (Å²) in [5.41, 5.74) is -6.70. The maximum absolute atomic E-state index is 13.5. The zero-order valence-electron chi connectivity index (χ0n) is 23.7. The molecule has 1 spiro atoms. The molecule has 0 aromatic heterocycles. The Morgan fingerprint density at radius 3 is 2.29 bits per heavy atom. The Hall–Kier alpha value is -2.12. The molecule has 13 unspecified atom stereocenters. The van der Waals surface area contributed by atoms with Gasteiger partial charge in [0.1, 0.15) is 17.5 Å². The maximum Gasteiger partial charge on any atom is 0.338 e. The molecular formula is C30H39NO10. The van der Waals surface area contributed by atoms with Gasteiger partial charge in [-0.25, -0.2) is 4.79 Å². The Bertz CT molecular complexity index is 1270. The number of carbonyl (C=O) groups is 1. The molecule has 0 saturated heterocycles. The van der Waals surface area contributed by atoms with Crippen molar-refractivity contribution in [3.8, 4) is 5.75 Å². The molecule has 5 fully saturated rings. The number of carbonyl (C=O) groups excluding carboxylic acids is 1. The number of aliphatic imine (C=N–C) groups is 1. The Morgan fingerprint density at radius 1 is 0.951 bits per heavy atom. The Balaban J connectivity index is 1.39. The second-order valence-corrected chi connectivity index (χ2v) is 13.1. The summed E-state index contributed by atoms with van der Waals surface area (Å²) in [6.07, 6.45) is -1.36. The molecule has 11 heteroatoms. The van der Waals surface area contributed by atoms with Crippen LogP contribution in [0.1, 0.15) is 36.0 Å². The number of hydrogen-bond donors (Lipinski definition) is 4. The number of aliphatic hydroxyl groups is 4. The molecule has 4 N–H and O–H groups in total. The molecule has 11 nitrogen and oxygen atoms in total. The number of benzene rings is 1. The molecule has 1 heterocycles. The molecular weight excluding hydrogens is 534 g/mol. The lowest BCUT2D eigenvalue weighted by molar-refractivity contribution is -0.293. The number of methoxy groups -OCH3 is 4. The lowest BCUT2D eigenvalue weighted by atomic mass is 9.42. The average molecular weight is 574 g/mol. The standard InChI is InChI=1S/C30H39NO10/c1-37-14-26-13-31-23-18-11-29(26,36)30(23,20(39-3)9-19(26)32)17-10-28(35)21(40-4)12-27(18,34)22(17)24(28)41-25(33)15-5-7-16(38-2)8-6-15/h5-8,13,17-24,32,34-36H,9-12,14H2,1-4H3. The fourth-order valence-electron chi connectivity index (χ4n) is 10.6. The second-order valence-electron chi connectivity index (χ2n) is 13.1. The Labute approximate surface area is 238 Å². The molecule has 1 aromatic carbocycles. The molecule has 41 heavy (non-hydrogen) atoms. The van der Waals surface area contributed by atoms with Crippen LogP contribution in [0.3, 0.4) is 0 Å². The zero-order chi connectivity index (χ0) is 29.2. The number of nitrogens with zero attached hydrogens (tertiary/aromatic N) is 1. The van der Waals surface area contributed by atoms with Gasteiger partial charge in [-0.3, -0.25) is 4.99 Å². The van der Waals surface area contributed by atoms with Gasteiger partial charge in [0.25, 0.3) is 0 Å². The van der Waals surface area contributed by atoms with Crippen molar-refractivity contribution in [2.75, 3.05) is 35.0 Å². The number of ether oxygens (including phenoxy) is 5. The van der Waals surface area contributed by atoms with Gasteiger partial charge in [0, 0.05) is 52.2 Å². The number of fused-ring (bicyclic) bond motifs is 2. The summed E-state index contributed by atoms with van der Waals surface area (Å²) in [5, 5.41) is 49.5. The third-order valence-electron chi connectivity index (χ3n) is 12.1. The molecule has 0 amide bonds.